The van der Waals surface area contributed by atoms with Crippen LogP contribution in [0.2, 0.25) is 0 Å². The zero-order chi connectivity index (χ0) is 10.1. The molecule has 0 bridgehead atoms. The maximum Gasteiger partial charge on any atom is 0.246 e. The van der Waals surface area contributed by atoms with Gasteiger partial charge in [-0.2, -0.15) is 0 Å². The predicted octanol–water partition coefficient (Wildman–Crippen LogP) is 2.33. The van der Waals surface area contributed by atoms with Crippen molar-refractivity contribution in [2.24, 2.45) is 0 Å². The Morgan fingerprint density at radius 3 is 2.93 bits per heavy atom. The molecule has 0 spiro atoms. The molecular formula is C11H10ClNO. The van der Waals surface area contributed by atoms with E-state index in [1.54, 1.807) is 4.90 Å². The monoisotopic (exact) mass is 207 g/mol. The van der Waals surface area contributed by atoms with Crippen LogP contribution in [0, 0.1) is 0 Å². The number of fused-ring (bicyclic) bond motifs is 1. The summed E-state index contributed by atoms with van der Waals surface area (Å²) in [6.45, 7) is 3.87. The molecule has 1 amide bonds. The number of nitrogens with zero attached hydrogens (tertiary/aromatic N) is 1. The molecular weight excluding hydrogens is 198 g/mol. The smallest absolute Gasteiger partial charge is 0.246 e. The molecule has 1 aliphatic heterocycles. The molecule has 2 rings (SSSR count). The number of para-hydroxylation sites is 1. The summed E-state index contributed by atoms with van der Waals surface area (Å²) in [5.41, 5.74) is 2.86. The highest BCUT2D eigenvalue weighted by atomic mass is 35.5. The van der Waals surface area contributed by atoms with Crippen molar-refractivity contribution >= 4 is 23.2 Å². The number of rotatable bonds is 1. The van der Waals surface area contributed by atoms with Gasteiger partial charge in [-0.3, -0.25) is 9.69 Å². The zero-order valence-electron chi connectivity index (χ0n) is 7.66. The van der Waals surface area contributed by atoms with Crippen LogP contribution < -0.4 is 4.90 Å². The first kappa shape index (κ1) is 9.28. The van der Waals surface area contributed by atoms with Gasteiger partial charge in [0.15, 0.2) is 0 Å². The summed E-state index contributed by atoms with van der Waals surface area (Å²) in [6.07, 6.45) is 0.735. The Bertz CT molecular complexity index is 392. The van der Waals surface area contributed by atoms with Crippen LogP contribution in [0.1, 0.15) is 5.56 Å². The van der Waals surface area contributed by atoms with E-state index in [-0.39, 0.29) is 11.8 Å². The molecule has 1 heterocycles. The lowest BCUT2D eigenvalue weighted by Crippen LogP contribution is -2.27. The van der Waals surface area contributed by atoms with E-state index in [1.807, 2.05) is 24.3 Å². The van der Waals surface area contributed by atoms with Crippen LogP contribution in [-0.2, 0) is 11.2 Å². The number of allylic oxidation sites excluding steroid dienone is 1. The Balaban J connectivity index is 2.44. The Morgan fingerprint density at radius 2 is 2.21 bits per heavy atom. The molecule has 0 unspecified atom stereocenters. The number of amides is 1. The average molecular weight is 208 g/mol. The lowest BCUT2D eigenvalue weighted by Gasteiger charge is -2.16. The molecule has 0 atom stereocenters. The minimum atomic E-state index is -0.110. The van der Waals surface area contributed by atoms with Crippen LogP contribution in [0.25, 0.3) is 0 Å². The second-order valence-corrected chi connectivity index (χ2v) is 3.50. The number of carbonyl (C=O) groups excluding carboxylic acids is 1. The summed E-state index contributed by atoms with van der Waals surface area (Å²) in [6, 6.07) is 7.78. The molecule has 0 fully saturated rings. The van der Waals surface area contributed by atoms with E-state index in [0.717, 1.165) is 23.4 Å². The Hall–Kier alpha value is -1.28. The SMILES string of the molecule is C=C1Cc2ccccc2N1C(=O)CCl. The average Bonchev–Trinajstić information content (AvgIpc) is 2.53. The van der Waals surface area contributed by atoms with Crippen molar-refractivity contribution in [1.29, 1.82) is 0 Å². The largest absolute Gasteiger partial charge is 0.284 e. The predicted molar refractivity (Wildman–Crippen MR) is 57.5 cm³/mol. The molecule has 2 nitrogen and oxygen atoms in total. The third-order valence-electron chi connectivity index (χ3n) is 2.31. The van der Waals surface area contributed by atoms with E-state index in [0.29, 0.717) is 0 Å². The summed E-state index contributed by atoms with van der Waals surface area (Å²) >= 11 is 5.53. The van der Waals surface area contributed by atoms with E-state index < -0.39 is 0 Å². The maximum atomic E-state index is 11.5. The maximum absolute atomic E-state index is 11.5. The molecule has 0 radical (unpaired) electrons. The molecule has 1 aromatic carbocycles. The molecule has 0 saturated carbocycles. The van der Waals surface area contributed by atoms with E-state index in [2.05, 4.69) is 6.58 Å². The fourth-order valence-electron chi connectivity index (χ4n) is 1.72. The molecule has 14 heavy (non-hydrogen) atoms. The highest BCUT2D eigenvalue weighted by Gasteiger charge is 2.26. The first-order valence-electron chi connectivity index (χ1n) is 4.38. The van der Waals surface area contributed by atoms with E-state index in [9.17, 15) is 4.79 Å². The topological polar surface area (TPSA) is 20.3 Å². The number of alkyl halides is 1. The number of anilines is 1. The van der Waals surface area contributed by atoms with Crippen LogP contribution in [0.3, 0.4) is 0 Å². The lowest BCUT2D eigenvalue weighted by molar-refractivity contribution is -0.115. The van der Waals surface area contributed by atoms with Crippen molar-refractivity contribution in [1.82, 2.24) is 0 Å². The van der Waals surface area contributed by atoms with Gasteiger partial charge in [-0.05, 0) is 11.6 Å². The fourth-order valence-corrected chi connectivity index (χ4v) is 1.84. The van der Waals surface area contributed by atoms with Crippen molar-refractivity contribution in [3.05, 3.63) is 42.1 Å². The van der Waals surface area contributed by atoms with Crippen LogP contribution in [0.4, 0.5) is 5.69 Å². The van der Waals surface area contributed by atoms with Crippen LogP contribution in [0.15, 0.2) is 36.5 Å². The minimum Gasteiger partial charge on any atom is -0.284 e. The quantitative estimate of drug-likeness (QED) is 0.648. The minimum absolute atomic E-state index is 0.00659. The van der Waals surface area contributed by atoms with Gasteiger partial charge < -0.3 is 0 Å². The molecule has 72 valence electrons. The van der Waals surface area contributed by atoms with Gasteiger partial charge in [0, 0.05) is 12.1 Å². The summed E-state index contributed by atoms with van der Waals surface area (Å²) in [5, 5.41) is 0. The van der Waals surface area contributed by atoms with Gasteiger partial charge in [-0.25, -0.2) is 0 Å². The van der Waals surface area contributed by atoms with Crippen molar-refractivity contribution in [2.75, 3.05) is 10.8 Å². The number of hydrogen-bond acceptors (Lipinski definition) is 1. The molecule has 3 heteroatoms. The Labute approximate surface area is 87.8 Å². The molecule has 1 aromatic rings. The number of carbonyl (C=O) groups is 1. The molecule has 0 aliphatic carbocycles. The van der Waals surface area contributed by atoms with Gasteiger partial charge in [0.25, 0.3) is 0 Å². The summed E-state index contributed by atoms with van der Waals surface area (Å²) in [7, 11) is 0. The van der Waals surface area contributed by atoms with Crippen LogP contribution in [-0.4, -0.2) is 11.8 Å². The van der Waals surface area contributed by atoms with E-state index >= 15 is 0 Å². The molecule has 0 N–H and O–H groups in total. The van der Waals surface area contributed by atoms with Crippen molar-refractivity contribution < 1.29 is 4.79 Å². The van der Waals surface area contributed by atoms with Gasteiger partial charge in [0.2, 0.25) is 5.91 Å². The first-order valence-corrected chi connectivity index (χ1v) is 4.92. The van der Waals surface area contributed by atoms with E-state index in [4.69, 9.17) is 11.6 Å². The summed E-state index contributed by atoms with van der Waals surface area (Å²) in [4.78, 5) is 13.1. The van der Waals surface area contributed by atoms with Crippen molar-refractivity contribution in [2.45, 2.75) is 6.42 Å². The fraction of sp³-hybridized carbons (Fsp3) is 0.182. The molecule has 0 saturated heterocycles. The first-order chi connectivity index (χ1) is 6.74. The van der Waals surface area contributed by atoms with Crippen molar-refractivity contribution in [3.63, 3.8) is 0 Å². The number of benzene rings is 1. The highest BCUT2D eigenvalue weighted by Crippen LogP contribution is 2.33. The number of halogens is 1. The molecule has 1 aliphatic rings. The van der Waals surface area contributed by atoms with Crippen LogP contribution in [0.5, 0.6) is 0 Å². The third kappa shape index (κ3) is 1.32. The standard InChI is InChI=1S/C11H10ClNO/c1-8-6-9-4-2-3-5-10(9)13(8)11(14)7-12/h2-5H,1,6-7H2. The lowest BCUT2D eigenvalue weighted by atomic mass is 10.1. The highest BCUT2D eigenvalue weighted by molar-refractivity contribution is 6.30. The summed E-state index contributed by atoms with van der Waals surface area (Å²) in [5.74, 6) is -0.116. The van der Waals surface area contributed by atoms with Crippen LogP contribution >= 0.6 is 11.6 Å². The summed E-state index contributed by atoms with van der Waals surface area (Å²) < 4.78 is 0. The molecule has 0 aromatic heterocycles. The Morgan fingerprint density at radius 1 is 1.50 bits per heavy atom. The van der Waals surface area contributed by atoms with Gasteiger partial charge in [-0.1, -0.05) is 24.8 Å². The number of hydrogen-bond donors (Lipinski definition) is 0. The second-order valence-electron chi connectivity index (χ2n) is 3.23. The third-order valence-corrected chi connectivity index (χ3v) is 2.54. The van der Waals surface area contributed by atoms with Gasteiger partial charge in [0.1, 0.15) is 5.88 Å². The van der Waals surface area contributed by atoms with Gasteiger partial charge in [-0.15, -0.1) is 11.6 Å². The van der Waals surface area contributed by atoms with Gasteiger partial charge >= 0.3 is 0 Å². The van der Waals surface area contributed by atoms with E-state index in [1.165, 1.54) is 0 Å². The van der Waals surface area contributed by atoms with Crippen molar-refractivity contribution in [3.8, 4) is 0 Å². The zero-order valence-corrected chi connectivity index (χ0v) is 8.42. The van der Waals surface area contributed by atoms with Gasteiger partial charge in [0.05, 0.1) is 5.69 Å². The normalized spacial score (nSPS) is 14.4. The Kier molecular flexibility index (Phi) is 2.30. The second kappa shape index (κ2) is 3.46.